The highest BCUT2D eigenvalue weighted by Gasteiger charge is 2.30. The minimum atomic E-state index is -0.486. The summed E-state index contributed by atoms with van der Waals surface area (Å²) in [6.07, 6.45) is 0.797. The molecule has 0 saturated heterocycles. The molecule has 2 rings (SSSR count). The van der Waals surface area contributed by atoms with E-state index in [1.165, 1.54) is 5.56 Å². The van der Waals surface area contributed by atoms with E-state index in [4.69, 9.17) is 9.26 Å². The molecule has 21 heavy (non-hydrogen) atoms. The van der Waals surface area contributed by atoms with E-state index in [9.17, 15) is 0 Å². The maximum absolute atomic E-state index is 5.75. The van der Waals surface area contributed by atoms with Crippen molar-refractivity contribution in [1.29, 1.82) is 0 Å². The lowest BCUT2D eigenvalue weighted by atomic mass is 10.0. The van der Waals surface area contributed by atoms with Gasteiger partial charge >= 0.3 is 0 Å². The predicted octanol–water partition coefficient (Wildman–Crippen LogP) is 3.65. The van der Waals surface area contributed by atoms with Crippen molar-refractivity contribution in [1.82, 2.24) is 10.1 Å². The summed E-state index contributed by atoms with van der Waals surface area (Å²) in [6, 6.07) is 8.18. The Morgan fingerprint density at radius 2 is 1.95 bits per heavy atom. The topological polar surface area (TPSA) is 60.2 Å². The Morgan fingerprint density at radius 1 is 1.24 bits per heavy atom. The van der Waals surface area contributed by atoms with Gasteiger partial charge in [-0.25, -0.2) is 0 Å². The predicted molar refractivity (Wildman–Crippen MR) is 82.1 cm³/mol. The van der Waals surface area contributed by atoms with Gasteiger partial charge in [0.15, 0.2) is 0 Å². The zero-order chi connectivity index (χ0) is 15.3. The SMILES string of the molecule is CCOC(C)(CC)c1noc(CNc2ccc(C)cc2)n1. The Morgan fingerprint density at radius 3 is 2.57 bits per heavy atom. The fraction of sp³-hybridized carbons (Fsp3) is 0.500. The fourth-order valence-electron chi connectivity index (χ4n) is 2.03. The second-order valence-corrected chi connectivity index (χ2v) is 5.25. The first-order chi connectivity index (χ1) is 10.1. The number of anilines is 1. The van der Waals surface area contributed by atoms with Crippen molar-refractivity contribution < 1.29 is 9.26 Å². The standard InChI is InChI=1S/C16H23N3O2/c1-5-16(4,20-6-2)15-18-14(21-19-15)11-17-13-9-7-12(3)8-10-13/h7-10,17H,5-6,11H2,1-4H3. The van der Waals surface area contributed by atoms with E-state index in [1.54, 1.807) is 0 Å². The van der Waals surface area contributed by atoms with Crippen LogP contribution in [0.15, 0.2) is 28.8 Å². The molecule has 5 nitrogen and oxygen atoms in total. The molecule has 0 saturated carbocycles. The Labute approximate surface area is 125 Å². The second kappa shape index (κ2) is 6.72. The zero-order valence-corrected chi connectivity index (χ0v) is 13.1. The lowest BCUT2D eigenvalue weighted by molar-refractivity contribution is -0.0403. The first-order valence-electron chi connectivity index (χ1n) is 7.35. The van der Waals surface area contributed by atoms with Crippen LogP contribution in [-0.2, 0) is 16.9 Å². The molecule has 5 heteroatoms. The number of aromatic nitrogens is 2. The van der Waals surface area contributed by atoms with E-state index in [2.05, 4.69) is 41.4 Å². The van der Waals surface area contributed by atoms with E-state index in [0.29, 0.717) is 24.9 Å². The third-order valence-corrected chi connectivity index (χ3v) is 3.57. The number of hydrogen-bond acceptors (Lipinski definition) is 5. The average Bonchev–Trinajstić information content (AvgIpc) is 2.96. The molecule has 0 amide bonds. The quantitative estimate of drug-likeness (QED) is 0.843. The van der Waals surface area contributed by atoms with Crippen LogP contribution in [0.25, 0.3) is 0 Å². The first-order valence-corrected chi connectivity index (χ1v) is 7.35. The van der Waals surface area contributed by atoms with Gasteiger partial charge in [-0.05, 0) is 39.3 Å². The van der Waals surface area contributed by atoms with Crippen LogP contribution in [0.3, 0.4) is 0 Å². The number of hydrogen-bond donors (Lipinski definition) is 1. The Bertz CT molecular complexity index is 565. The highest BCUT2D eigenvalue weighted by Crippen LogP contribution is 2.26. The van der Waals surface area contributed by atoms with Gasteiger partial charge in [-0.15, -0.1) is 0 Å². The fourth-order valence-corrected chi connectivity index (χ4v) is 2.03. The molecule has 0 aliphatic heterocycles. The van der Waals surface area contributed by atoms with Gasteiger partial charge in [0.1, 0.15) is 5.60 Å². The smallest absolute Gasteiger partial charge is 0.246 e. The number of nitrogens with one attached hydrogen (secondary N) is 1. The molecule has 2 aromatic rings. The highest BCUT2D eigenvalue weighted by atomic mass is 16.5. The van der Waals surface area contributed by atoms with Gasteiger partial charge in [0.2, 0.25) is 11.7 Å². The highest BCUT2D eigenvalue weighted by molar-refractivity contribution is 5.44. The lowest BCUT2D eigenvalue weighted by Crippen LogP contribution is -2.26. The largest absolute Gasteiger partial charge is 0.376 e. The third kappa shape index (κ3) is 3.82. The van der Waals surface area contributed by atoms with Crippen molar-refractivity contribution >= 4 is 5.69 Å². The lowest BCUT2D eigenvalue weighted by Gasteiger charge is -2.23. The van der Waals surface area contributed by atoms with Crippen LogP contribution in [0.5, 0.6) is 0 Å². The zero-order valence-electron chi connectivity index (χ0n) is 13.1. The van der Waals surface area contributed by atoms with E-state index >= 15 is 0 Å². The Balaban J connectivity index is 2.01. The van der Waals surface area contributed by atoms with Crippen LogP contribution in [-0.4, -0.2) is 16.7 Å². The van der Waals surface area contributed by atoms with Crippen molar-refractivity contribution in [2.45, 2.75) is 46.3 Å². The van der Waals surface area contributed by atoms with Gasteiger partial charge in [-0.1, -0.05) is 29.8 Å². The molecule has 0 fully saturated rings. The molecule has 1 N–H and O–H groups in total. The van der Waals surface area contributed by atoms with Gasteiger partial charge in [0.05, 0.1) is 6.54 Å². The molecule has 0 spiro atoms. The molecule has 1 aromatic heterocycles. The number of ether oxygens (including phenoxy) is 1. The Hall–Kier alpha value is -1.88. The number of benzene rings is 1. The third-order valence-electron chi connectivity index (χ3n) is 3.57. The molecule has 114 valence electrons. The van der Waals surface area contributed by atoms with E-state index in [1.807, 2.05) is 26.0 Å². The maximum Gasteiger partial charge on any atom is 0.246 e. The number of aryl methyl sites for hydroxylation is 1. The number of nitrogens with zero attached hydrogens (tertiary/aromatic N) is 2. The van der Waals surface area contributed by atoms with Crippen molar-refractivity contribution in [3.8, 4) is 0 Å². The normalized spacial score (nSPS) is 13.9. The van der Waals surface area contributed by atoms with Crippen molar-refractivity contribution in [3.05, 3.63) is 41.5 Å². The first kappa shape index (κ1) is 15.5. The summed E-state index contributed by atoms with van der Waals surface area (Å²) in [5.74, 6) is 1.16. The summed E-state index contributed by atoms with van der Waals surface area (Å²) in [5.41, 5.74) is 1.78. The molecule has 0 aliphatic rings. The van der Waals surface area contributed by atoms with Crippen LogP contribution >= 0.6 is 0 Å². The van der Waals surface area contributed by atoms with Crippen LogP contribution in [0.4, 0.5) is 5.69 Å². The molecule has 1 unspecified atom stereocenters. The van der Waals surface area contributed by atoms with Crippen molar-refractivity contribution in [2.24, 2.45) is 0 Å². The molecular weight excluding hydrogens is 266 g/mol. The van der Waals surface area contributed by atoms with Gasteiger partial charge in [0.25, 0.3) is 0 Å². The minimum Gasteiger partial charge on any atom is -0.376 e. The monoisotopic (exact) mass is 289 g/mol. The number of rotatable bonds is 7. The minimum absolute atomic E-state index is 0.486. The molecule has 0 aliphatic carbocycles. The summed E-state index contributed by atoms with van der Waals surface area (Å²) in [5, 5.41) is 7.32. The van der Waals surface area contributed by atoms with Crippen molar-refractivity contribution in [3.63, 3.8) is 0 Å². The molecule has 1 aromatic carbocycles. The summed E-state index contributed by atoms with van der Waals surface area (Å²) in [7, 11) is 0. The summed E-state index contributed by atoms with van der Waals surface area (Å²) in [6.45, 7) is 9.19. The van der Waals surface area contributed by atoms with Gasteiger partial charge in [0, 0.05) is 12.3 Å². The summed E-state index contributed by atoms with van der Waals surface area (Å²) >= 11 is 0. The molecule has 0 radical (unpaired) electrons. The van der Waals surface area contributed by atoms with Crippen LogP contribution in [0.1, 0.15) is 44.5 Å². The van der Waals surface area contributed by atoms with Gasteiger partial charge in [-0.3, -0.25) is 0 Å². The van der Waals surface area contributed by atoms with Crippen molar-refractivity contribution in [2.75, 3.05) is 11.9 Å². The average molecular weight is 289 g/mol. The maximum atomic E-state index is 5.75. The summed E-state index contributed by atoms with van der Waals surface area (Å²) < 4.78 is 11.0. The van der Waals surface area contributed by atoms with Crippen LogP contribution in [0, 0.1) is 6.92 Å². The summed E-state index contributed by atoms with van der Waals surface area (Å²) in [4.78, 5) is 4.44. The second-order valence-electron chi connectivity index (χ2n) is 5.25. The molecule has 1 heterocycles. The molecule has 1 atom stereocenters. The van der Waals surface area contributed by atoms with E-state index in [0.717, 1.165) is 12.1 Å². The van der Waals surface area contributed by atoms with Crippen LogP contribution in [0.2, 0.25) is 0 Å². The Kier molecular flexibility index (Phi) is 4.96. The molecule has 0 bridgehead atoms. The van der Waals surface area contributed by atoms with Crippen LogP contribution < -0.4 is 5.32 Å². The van der Waals surface area contributed by atoms with E-state index < -0.39 is 5.60 Å². The molecular formula is C16H23N3O2. The van der Waals surface area contributed by atoms with E-state index in [-0.39, 0.29) is 0 Å². The van der Waals surface area contributed by atoms with Gasteiger partial charge < -0.3 is 14.6 Å². The van der Waals surface area contributed by atoms with Gasteiger partial charge in [-0.2, -0.15) is 4.98 Å².